The summed E-state index contributed by atoms with van der Waals surface area (Å²) in [6.45, 7) is 1.58. The van der Waals surface area contributed by atoms with Crippen LogP contribution in [0, 0.1) is 5.92 Å². The van der Waals surface area contributed by atoms with Crippen molar-refractivity contribution in [2.45, 2.75) is 44.1 Å². The number of carbonyl (C=O) groups is 1. The van der Waals surface area contributed by atoms with E-state index in [4.69, 9.17) is 16.3 Å². The van der Waals surface area contributed by atoms with E-state index in [2.05, 4.69) is 5.32 Å². The summed E-state index contributed by atoms with van der Waals surface area (Å²) >= 11 is 5.91. The van der Waals surface area contributed by atoms with Crippen LogP contribution in [0.5, 0.6) is 0 Å². The minimum Gasteiger partial charge on any atom is -0.381 e. The van der Waals surface area contributed by atoms with Crippen LogP contribution < -0.4 is 5.32 Å². The standard InChI is InChI=1S/C17H22ClNO2/c18-15-5-3-13(4-6-15)11-17(7-8-17)19-16(20)10-14-2-1-9-21-12-14/h3-6,14H,1-2,7-12H2,(H,19,20). The van der Waals surface area contributed by atoms with Gasteiger partial charge in [-0.05, 0) is 55.7 Å². The molecule has 0 aromatic heterocycles. The van der Waals surface area contributed by atoms with Crippen LogP contribution >= 0.6 is 11.6 Å². The van der Waals surface area contributed by atoms with Gasteiger partial charge in [-0.25, -0.2) is 0 Å². The third kappa shape index (κ3) is 4.21. The third-order valence-electron chi connectivity index (χ3n) is 4.44. The van der Waals surface area contributed by atoms with Crippen molar-refractivity contribution in [2.75, 3.05) is 13.2 Å². The van der Waals surface area contributed by atoms with Gasteiger partial charge >= 0.3 is 0 Å². The molecule has 1 N–H and O–H groups in total. The van der Waals surface area contributed by atoms with Crippen molar-refractivity contribution >= 4 is 17.5 Å². The maximum absolute atomic E-state index is 12.2. The summed E-state index contributed by atoms with van der Waals surface area (Å²) < 4.78 is 5.44. The van der Waals surface area contributed by atoms with Crippen LogP contribution in [-0.2, 0) is 16.0 Å². The molecule has 114 valence electrons. The van der Waals surface area contributed by atoms with Crippen LogP contribution in [0.3, 0.4) is 0 Å². The lowest BCUT2D eigenvalue weighted by Crippen LogP contribution is -2.40. The second-order valence-electron chi connectivity index (χ2n) is 6.42. The van der Waals surface area contributed by atoms with E-state index in [-0.39, 0.29) is 11.4 Å². The van der Waals surface area contributed by atoms with Crippen molar-refractivity contribution in [3.8, 4) is 0 Å². The topological polar surface area (TPSA) is 38.3 Å². The molecule has 1 heterocycles. The lowest BCUT2D eigenvalue weighted by Gasteiger charge is -2.23. The van der Waals surface area contributed by atoms with Gasteiger partial charge in [0.25, 0.3) is 0 Å². The minimum atomic E-state index is -0.0135. The Morgan fingerprint density at radius 2 is 2.10 bits per heavy atom. The molecule has 0 bridgehead atoms. The highest BCUT2D eigenvalue weighted by atomic mass is 35.5. The summed E-state index contributed by atoms with van der Waals surface area (Å²) in [6.07, 6.45) is 5.83. The number of halogens is 1. The van der Waals surface area contributed by atoms with Crippen molar-refractivity contribution in [3.63, 3.8) is 0 Å². The van der Waals surface area contributed by atoms with Crippen molar-refractivity contribution in [1.29, 1.82) is 0 Å². The number of benzene rings is 1. The van der Waals surface area contributed by atoms with Crippen LogP contribution in [0.15, 0.2) is 24.3 Å². The summed E-state index contributed by atoms with van der Waals surface area (Å²) in [7, 11) is 0. The van der Waals surface area contributed by atoms with Crippen LogP contribution in [0.2, 0.25) is 5.02 Å². The average Bonchev–Trinajstić information content (AvgIpc) is 3.22. The molecular formula is C17H22ClNO2. The molecular weight excluding hydrogens is 286 g/mol. The van der Waals surface area contributed by atoms with Gasteiger partial charge in [0.05, 0.1) is 0 Å². The van der Waals surface area contributed by atoms with Gasteiger partial charge in [0.1, 0.15) is 0 Å². The molecule has 2 aliphatic rings. The molecule has 1 atom stereocenters. The van der Waals surface area contributed by atoms with Gasteiger partial charge < -0.3 is 10.1 Å². The summed E-state index contributed by atoms with van der Waals surface area (Å²) in [6, 6.07) is 7.91. The fraction of sp³-hybridized carbons (Fsp3) is 0.588. The SMILES string of the molecule is O=C(CC1CCCOC1)NC1(Cc2ccc(Cl)cc2)CC1. The van der Waals surface area contributed by atoms with E-state index in [0.29, 0.717) is 12.3 Å². The Morgan fingerprint density at radius 3 is 2.71 bits per heavy atom. The van der Waals surface area contributed by atoms with Gasteiger partial charge in [-0.3, -0.25) is 4.79 Å². The van der Waals surface area contributed by atoms with Gasteiger partial charge in [0.2, 0.25) is 5.91 Å². The smallest absolute Gasteiger partial charge is 0.220 e. The van der Waals surface area contributed by atoms with E-state index in [9.17, 15) is 4.79 Å². The van der Waals surface area contributed by atoms with Gasteiger partial charge in [0.15, 0.2) is 0 Å². The Morgan fingerprint density at radius 1 is 1.33 bits per heavy atom. The first kappa shape index (κ1) is 14.9. The third-order valence-corrected chi connectivity index (χ3v) is 4.69. The predicted molar refractivity (Wildman–Crippen MR) is 83.4 cm³/mol. The molecule has 1 aromatic carbocycles. The average molecular weight is 308 g/mol. The number of rotatable bonds is 5. The Labute approximate surface area is 131 Å². The Kier molecular flexibility index (Phi) is 4.51. The predicted octanol–water partition coefficient (Wildman–Crippen LogP) is 3.35. The minimum absolute atomic E-state index is 0.0135. The van der Waals surface area contributed by atoms with Crippen molar-refractivity contribution in [3.05, 3.63) is 34.9 Å². The van der Waals surface area contributed by atoms with Crippen molar-refractivity contribution < 1.29 is 9.53 Å². The molecule has 3 nitrogen and oxygen atoms in total. The quantitative estimate of drug-likeness (QED) is 0.906. The van der Waals surface area contributed by atoms with Crippen LogP contribution in [0.25, 0.3) is 0 Å². The number of hydrogen-bond donors (Lipinski definition) is 1. The summed E-state index contributed by atoms with van der Waals surface area (Å²) in [5.41, 5.74) is 1.22. The Bertz CT molecular complexity index is 490. The largest absolute Gasteiger partial charge is 0.381 e. The molecule has 1 aliphatic heterocycles. The molecule has 1 aromatic rings. The van der Waals surface area contributed by atoms with Crippen molar-refractivity contribution in [1.82, 2.24) is 5.32 Å². The van der Waals surface area contributed by atoms with Crippen LogP contribution in [0.4, 0.5) is 0 Å². The van der Waals surface area contributed by atoms with Gasteiger partial charge in [-0.2, -0.15) is 0 Å². The number of nitrogens with one attached hydrogen (secondary N) is 1. The van der Waals surface area contributed by atoms with Gasteiger partial charge in [0, 0.05) is 30.2 Å². The number of hydrogen-bond acceptors (Lipinski definition) is 2. The van der Waals surface area contributed by atoms with E-state index in [0.717, 1.165) is 50.3 Å². The summed E-state index contributed by atoms with van der Waals surface area (Å²) in [5, 5.41) is 4.00. The van der Waals surface area contributed by atoms with E-state index in [1.165, 1.54) is 5.56 Å². The molecule has 3 rings (SSSR count). The first-order chi connectivity index (χ1) is 10.2. The molecule has 1 saturated heterocycles. The summed E-state index contributed by atoms with van der Waals surface area (Å²) in [5.74, 6) is 0.571. The molecule has 2 fully saturated rings. The molecule has 1 amide bonds. The second-order valence-corrected chi connectivity index (χ2v) is 6.86. The van der Waals surface area contributed by atoms with Gasteiger partial charge in [-0.1, -0.05) is 23.7 Å². The molecule has 1 aliphatic carbocycles. The molecule has 4 heteroatoms. The zero-order valence-corrected chi connectivity index (χ0v) is 13.0. The first-order valence-electron chi connectivity index (χ1n) is 7.78. The van der Waals surface area contributed by atoms with Crippen LogP contribution in [0.1, 0.15) is 37.7 Å². The fourth-order valence-corrected chi connectivity index (χ4v) is 3.19. The van der Waals surface area contributed by atoms with Crippen LogP contribution in [-0.4, -0.2) is 24.7 Å². The van der Waals surface area contributed by atoms with Gasteiger partial charge in [-0.15, -0.1) is 0 Å². The second kappa shape index (κ2) is 6.37. The fourth-order valence-electron chi connectivity index (χ4n) is 3.07. The van der Waals surface area contributed by atoms with E-state index in [1.54, 1.807) is 0 Å². The molecule has 1 unspecified atom stereocenters. The monoisotopic (exact) mass is 307 g/mol. The Balaban J connectivity index is 1.51. The number of amides is 1. The highest BCUT2D eigenvalue weighted by molar-refractivity contribution is 6.30. The first-order valence-corrected chi connectivity index (χ1v) is 8.16. The normalized spacial score (nSPS) is 23.6. The zero-order valence-electron chi connectivity index (χ0n) is 12.2. The maximum Gasteiger partial charge on any atom is 0.220 e. The zero-order chi connectivity index (χ0) is 14.7. The highest BCUT2D eigenvalue weighted by Gasteiger charge is 2.43. The van der Waals surface area contributed by atoms with Crippen molar-refractivity contribution in [2.24, 2.45) is 5.92 Å². The lowest BCUT2D eigenvalue weighted by atomic mass is 9.97. The highest BCUT2D eigenvalue weighted by Crippen LogP contribution is 2.39. The number of ether oxygens (including phenoxy) is 1. The van der Waals surface area contributed by atoms with E-state index >= 15 is 0 Å². The molecule has 0 radical (unpaired) electrons. The summed E-state index contributed by atoms with van der Waals surface area (Å²) in [4.78, 5) is 12.2. The maximum atomic E-state index is 12.2. The lowest BCUT2D eigenvalue weighted by molar-refractivity contribution is -0.124. The number of carbonyl (C=O) groups excluding carboxylic acids is 1. The van der Waals surface area contributed by atoms with E-state index < -0.39 is 0 Å². The Hall–Kier alpha value is -1.06. The molecule has 1 saturated carbocycles. The molecule has 21 heavy (non-hydrogen) atoms. The van der Waals surface area contributed by atoms with E-state index in [1.807, 2.05) is 24.3 Å². The molecule has 0 spiro atoms.